The number of benzene rings is 2. The molecule has 3 aromatic rings. The molecule has 0 amide bonds. The molecule has 0 atom stereocenters. The SMILES string of the molecule is CC(C)c1ccc(NS(=O)(=O)c2ccc3c(c2)sc(=O)n3C)cc1. The summed E-state index contributed by atoms with van der Waals surface area (Å²) < 4.78 is 29.9. The average molecular weight is 362 g/mol. The summed E-state index contributed by atoms with van der Waals surface area (Å²) in [5.74, 6) is 0.388. The fourth-order valence-corrected chi connectivity index (χ4v) is 4.51. The highest BCUT2D eigenvalue weighted by atomic mass is 32.2. The summed E-state index contributed by atoms with van der Waals surface area (Å²) in [7, 11) is -2.03. The van der Waals surface area contributed by atoms with Gasteiger partial charge in [0.15, 0.2) is 0 Å². The van der Waals surface area contributed by atoms with Crippen molar-refractivity contribution in [2.75, 3.05) is 4.72 Å². The first-order valence-corrected chi connectivity index (χ1v) is 9.80. The van der Waals surface area contributed by atoms with E-state index < -0.39 is 10.0 Å². The Balaban J connectivity index is 1.94. The highest BCUT2D eigenvalue weighted by Gasteiger charge is 2.16. The van der Waals surface area contributed by atoms with Crippen LogP contribution in [0.15, 0.2) is 52.2 Å². The van der Waals surface area contributed by atoms with Crippen molar-refractivity contribution < 1.29 is 8.42 Å². The van der Waals surface area contributed by atoms with Gasteiger partial charge in [0.1, 0.15) is 0 Å². The number of aryl methyl sites for hydroxylation is 1. The lowest BCUT2D eigenvalue weighted by Crippen LogP contribution is -2.13. The zero-order valence-electron chi connectivity index (χ0n) is 13.6. The lowest BCUT2D eigenvalue weighted by Gasteiger charge is -2.10. The van der Waals surface area contributed by atoms with Crippen LogP contribution < -0.4 is 9.60 Å². The zero-order chi connectivity index (χ0) is 17.5. The Kier molecular flexibility index (Phi) is 4.23. The van der Waals surface area contributed by atoms with Crippen molar-refractivity contribution in [3.8, 4) is 0 Å². The van der Waals surface area contributed by atoms with Crippen LogP contribution in [-0.2, 0) is 17.1 Å². The molecular weight excluding hydrogens is 344 g/mol. The smallest absolute Gasteiger partial charge is 0.302 e. The second-order valence-corrected chi connectivity index (χ2v) is 8.61. The Morgan fingerprint density at radius 3 is 2.38 bits per heavy atom. The number of anilines is 1. The third-order valence-electron chi connectivity index (χ3n) is 3.90. The van der Waals surface area contributed by atoms with Gasteiger partial charge in [-0.05, 0) is 41.8 Å². The van der Waals surface area contributed by atoms with Gasteiger partial charge in [0.2, 0.25) is 0 Å². The monoisotopic (exact) mass is 362 g/mol. The Bertz CT molecular complexity index is 1050. The van der Waals surface area contributed by atoms with E-state index in [0.29, 0.717) is 16.3 Å². The van der Waals surface area contributed by atoms with Gasteiger partial charge in [-0.3, -0.25) is 9.52 Å². The molecule has 0 spiro atoms. The van der Waals surface area contributed by atoms with Crippen LogP contribution in [0.5, 0.6) is 0 Å². The van der Waals surface area contributed by atoms with Crippen molar-refractivity contribution in [2.45, 2.75) is 24.7 Å². The predicted molar refractivity (Wildman–Crippen MR) is 98.4 cm³/mol. The summed E-state index contributed by atoms with van der Waals surface area (Å²) in [6.45, 7) is 4.17. The van der Waals surface area contributed by atoms with Gasteiger partial charge in [-0.15, -0.1) is 0 Å². The second-order valence-electron chi connectivity index (χ2n) is 5.94. The highest BCUT2D eigenvalue weighted by Crippen LogP contribution is 2.24. The Labute approximate surface area is 144 Å². The number of thiazole rings is 1. The quantitative estimate of drug-likeness (QED) is 0.772. The number of aromatic nitrogens is 1. The molecule has 0 bridgehead atoms. The summed E-state index contributed by atoms with van der Waals surface area (Å²) in [4.78, 5) is 11.7. The molecule has 3 rings (SSSR count). The number of fused-ring (bicyclic) bond motifs is 1. The molecule has 0 fully saturated rings. The number of hydrogen-bond donors (Lipinski definition) is 1. The molecule has 5 nitrogen and oxygen atoms in total. The van der Waals surface area contributed by atoms with Gasteiger partial charge >= 0.3 is 4.87 Å². The van der Waals surface area contributed by atoms with Crippen LogP contribution in [0.25, 0.3) is 10.2 Å². The minimum absolute atomic E-state index is 0.114. The molecule has 0 aliphatic heterocycles. The minimum atomic E-state index is -3.70. The van der Waals surface area contributed by atoms with Crippen molar-refractivity contribution in [2.24, 2.45) is 7.05 Å². The number of rotatable bonds is 4. The number of hydrogen-bond acceptors (Lipinski definition) is 4. The maximum Gasteiger partial charge on any atom is 0.307 e. The van der Waals surface area contributed by atoms with Crippen LogP contribution in [-0.4, -0.2) is 13.0 Å². The van der Waals surface area contributed by atoms with Crippen LogP contribution in [0.3, 0.4) is 0 Å². The average Bonchev–Trinajstić information content (AvgIpc) is 2.82. The van der Waals surface area contributed by atoms with Crippen LogP contribution in [0.1, 0.15) is 25.3 Å². The van der Waals surface area contributed by atoms with Crippen LogP contribution in [0, 0.1) is 0 Å². The van der Waals surface area contributed by atoms with Gasteiger partial charge in [0.25, 0.3) is 10.0 Å². The Morgan fingerprint density at radius 1 is 1.08 bits per heavy atom. The van der Waals surface area contributed by atoms with E-state index in [4.69, 9.17) is 0 Å². The summed E-state index contributed by atoms with van der Waals surface area (Å²) in [5, 5.41) is 0. The summed E-state index contributed by atoms with van der Waals surface area (Å²) in [6, 6.07) is 12.0. The molecule has 126 valence electrons. The van der Waals surface area contributed by atoms with E-state index >= 15 is 0 Å². The van der Waals surface area contributed by atoms with Crippen molar-refractivity contribution in [1.82, 2.24) is 4.57 Å². The summed E-state index contributed by atoms with van der Waals surface area (Å²) in [5.41, 5.74) is 2.39. The third-order valence-corrected chi connectivity index (χ3v) is 6.28. The van der Waals surface area contributed by atoms with E-state index in [9.17, 15) is 13.2 Å². The number of nitrogens with one attached hydrogen (secondary N) is 1. The lowest BCUT2D eigenvalue weighted by molar-refractivity contribution is 0.601. The van der Waals surface area contributed by atoms with E-state index in [1.54, 1.807) is 25.2 Å². The van der Waals surface area contributed by atoms with Gasteiger partial charge in [-0.1, -0.05) is 37.3 Å². The molecule has 1 aromatic heterocycles. The second kappa shape index (κ2) is 6.07. The lowest BCUT2D eigenvalue weighted by atomic mass is 10.0. The molecule has 0 saturated heterocycles. The molecule has 1 N–H and O–H groups in total. The van der Waals surface area contributed by atoms with Crippen molar-refractivity contribution in [3.05, 3.63) is 57.7 Å². The molecule has 0 saturated carbocycles. The molecule has 1 heterocycles. The molecule has 0 unspecified atom stereocenters. The van der Waals surface area contributed by atoms with E-state index in [2.05, 4.69) is 18.6 Å². The van der Waals surface area contributed by atoms with Crippen molar-refractivity contribution in [1.29, 1.82) is 0 Å². The fourth-order valence-electron chi connectivity index (χ4n) is 2.43. The zero-order valence-corrected chi connectivity index (χ0v) is 15.2. The normalized spacial score (nSPS) is 12.0. The van der Waals surface area contributed by atoms with Crippen LogP contribution in [0.4, 0.5) is 5.69 Å². The first kappa shape index (κ1) is 16.7. The maximum absolute atomic E-state index is 12.6. The highest BCUT2D eigenvalue weighted by molar-refractivity contribution is 7.92. The first-order valence-electron chi connectivity index (χ1n) is 7.50. The van der Waals surface area contributed by atoms with Gasteiger partial charge in [0.05, 0.1) is 15.1 Å². The molecule has 24 heavy (non-hydrogen) atoms. The maximum atomic E-state index is 12.6. The Morgan fingerprint density at radius 2 is 1.75 bits per heavy atom. The van der Waals surface area contributed by atoms with E-state index in [-0.39, 0.29) is 9.77 Å². The van der Waals surface area contributed by atoms with Crippen LogP contribution in [0.2, 0.25) is 0 Å². The third kappa shape index (κ3) is 3.09. The van der Waals surface area contributed by atoms with Gasteiger partial charge in [0, 0.05) is 12.7 Å². The molecule has 0 aliphatic rings. The molecule has 7 heteroatoms. The standard InChI is InChI=1S/C17H18N2O3S2/c1-11(2)12-4-6-13(7-5-12)18-24(21,22)14-8-9-15-16(10-14)23-17(20)19(15)3/h4-11,18H,1-3H3. The largest absolute Gasteiger partial charge is 0.307 e. The summed E-state index contributed by atoms with van der Waals surface area (Å²) >= 11 is 1.04. The molecule has 2 aromatic carbocycles. The topological polar surface area (TPSA) is 68.2 Å². The van der Waals surface area contributed by atoms with E-state index in [1.165, 1.54) is 16.7 Å². The van der Waals surface area contributed by atoms with Crippen LogP contribution >= 0.6 is 11.3 Å². The number of nitrogens with zero attached hydrogens (tertiary/aromatic N) is 1. The van der Waals surface area contributed by atoms with E-state index in [1.807, 2.05) is 12.1 Å². The first-order chi connectivity index (χ1) is 11.3. The fraction of sp³-hybridized carbons (Fsp3) is 0.235. The molecular formula is C17H18N2O3S2. The van der Waals surface area contributed by atoms with Gasteiger partial charge in [-0.25, -0.2) is 8.42 Å². The van der Waals surface area contributed by atoms with Gasteiger partial charge < -0.3 is 4.57 Å². The van der Waals surface area contributed by atoms with Crippen molar-refractivity contribution in [3.63, 3.8) is 0 Å². The van der Waals surface area contributed by atoms with Gasteiger partial charge in [-0.2, -0.15) is 0 Å². The Hall–Kier alpha value is -2.12. The molecule has 0 radical (unpaired) electrons. The number of sulfonamides is 1. The predicted octanol–water partition coefficient (Wildman–Crippen LogP) is 3.52. The summed E-state index contributed by atoms with van der Waals surface area (Å²) in [6.07, 6.45) is 0. The van der Waals surface area contributed by atoms with E-state index in [0.717, 1.165) is 22.4 Å². The molecule has 0 aliphatic carbocycles. The minimum Gasteiger partial charge on any atom is -0.302 e. The van der Waals surface area contributed by atoms with Crippen molar-refractivity contribution >= 4 is 37.3 Å².